The third-order valence-corrected chi connectivity index (χ3v) is 9.46. The molecule has 0 aliphatic carbocycles. The third kappa shape index (κ3) is 4.80. The number of amides is 3. The minimum atomic E-state index is -1.36. The summed E-state index contributed by atoms with van der Waals surface area (Å²) in [7, 11) is 0. The largest absolute Gasteiger partial charge is 0.394 e. The van der Waals surface area contributed by atoms with Gasteiger partial charge in [0, 0.05) is 25.2 Å². The Balaban J connectivity index is 1.69. The van der Waals surface area contributed by atoms with E-state index in [2.05, 4.69) is 34.6 Å². The van der Waals surface area contributed by atoms with Gasteiger partial charge in [-0.2, -0.15) is 0 Å². The lowest BCUT2D eigenvalue weighted by Crippen LogP contribution is -2.60. The molecule has 4 aliphatic heterocycles. The molecule has 4 aliphatic rings. The van der Waals surface area contributed by atoms with Gasteiger partial charge in [0.05, 0.1) is 30.1 Å². The summed E-state index contributed by atoms with van der Waals surface area (Å²) in [5.74, 6) is -2.39. The van der Waals surface area contributed by atoms with Gasteiger partial charge in [-0.15, -0.1) is 0 Å². The van der Waals surface area contributed by atoms with Crippen LogP contribution in [0.2, 0.25) is 0 Å². The lowest BCUT2D eigenvalue weighted by Gasteiger charge is -2.45. The van der Waals surface area contributed by atoms with Crippen molar-refractivity contribution in [2.45, 2.75) is 90.1 Å². The van der Waals surface area contributed by atoms with E-state index in [4.69, 9.17) is 4.74 Å². The topological polar surface area (TPSA) is 90.4 Å². The van der Waals surface area contributed by atoms with Crippen molar-refractivity contribution in [2.24, 2.45) is 17.3 Å². The van der Waals surface area contributed by atoms with Gasteiger partial charge in [-0.25, -0.2) is 0 Å². The highest BCUT2D eigenvalue weighted by molar-refractivity contribution is 6.00. The second-order valence-electron chi connectivity index (χ2n) is 14.4. The minimum Gasteiger partial charge on any atom is -0.394 e. The summed E-state index contributed by atoms with van der Waals surface area (Å²) in [6.45, 7) is 15.5. The number of nitrogens with zero attached hydrogens (tertiary/aromatic N) is 3. The van der Waals surface area contributed by atoms with Gasteiger partial charge in [0.1, 0.15) is 11.6 Å². The maximum Gasteiger partial charge on any atom is 0.249 e. The first-order chi connectivity index (χ1) is 19.7. The maximum atomic E-state index is 14.9. The Morgan fingerprint density at radius 3 is 2.24 bits per heavy atom. The SMILES string of the molecule is CCCN1CC=C[C@@]2(C)O[C@]34C=CCN(C(C)(C)CC(C)(C)C)C(=O)C3N([C@H](CO)c3ccccc3)C(=O)[C@@H]4[C@H]2C1=O. The fourth-order valence-electron chi connectivity index (χ4n) is 8.29. The van der Waals surface area contributed by atoms with Gasteiger partial charge < -0.3 is 24.5 Å². The number of carbonyl (C=O) groups is 3. The van der Waals surface area contributed by atoms with E-state index in [0.29, 0.717) is 19.6 Å². The summed E-state index contributed by atoms with van der Waals surface area (Å²) in [5, 5.41) is 10.8. The maximum absolute atomic E-state index is 14.9. The zero-order chi connectivity index (χ0) is 30.7. The summed E-state index contributed by atoms with van der Waals surface area (Å²) >= 11 is 0. The fraction of sp³-hybridized carbons (Fsp3) is 0.618. The van der Waals surface area contributed by atoms with E-state index in [1.165, 1.54) is 0 Å². The highest BCUT2D eigenvalue weighted by Crippen LogP contribution is 2.59. The average Bonchev–Trinajstić information content (AvgIpc) is 3.17. The molecule has 0 saturated carbocycles. The molecule has 228 valence electrons. The van der Waals surface area contributed by atoms with Crippen LogP contribution < -0.4 is 0 Å². The molecule has 1 aromatic carbocycles. The predicted octanol–water partition coefficient (Wildman–Crippen LogP) is 4.11. The van der Waals surface area contributed by atoms with E-state index < -0.39 is 40.7 Å². The van der Waals surface area contributed by atoms with Crippen LogP contribution in [0.3, 0.4) is 0 Å². The van der Waals surface area contributed by atoms with Crippen LogP contribution in [0.1, 0.15) is 72.9 Å². The molecule has 2 saturated heterocycles. The van der Waals surface area contributed by atoms with Gasteiger partial charge in [-0.05, 0) is 44.6 Å². The molecule has 1 N–H and O–H groups in total. The Kier molecular flexibility index (Phi) is 7.72. The first-order valence-electron chi connectivity index (χ1n) is 15.3. The normalized spacial score (nSPS) is 32.0. The number of fused-ring (bicyclic) bond motifs is 2. The van der Waals surface area contributed by atoms with Crippen LogP contribution in [0.5, 0.6) is 0 Å². The summed E-state index contributed by atoms with van der Waals surface area (Å²) < 4.78 is 6.98. The van der Waals surface area contributed by atoms with E-state index in [1.807, 2.05) is 73.4 Å². The van der Waals surface area contributed by atoms with Gasteiger partial charge >= 0.3 is 0 Å². The lowest BCUT2D eigenvalue weighted by atomic mass is 9.74. The van der Waals surface area contributed by atoms with Crippen molar-refractivity contribution >= 4 is 17.7 Å². The number of aliphatic hydroxyl groups excluding tert-OH is 1. The Labute approximate surface area is 250 Å². The quantitative estimate of drug-likeness (QED) is 0.493. The number of rotatable bonds is 7. The number of carbonyl (C=O) groups excluding carboxylic acids is 3. The smallest absolute Gasteiger partial charge is 0.249 e. The van der Waals surface area contributed by atoms with Gasteiger partial charge in [0.2, 0.25) is 17.7 Å². The van der Waals surface area contributed by atoms with Crippen molar-refractivity contribution in [3.8, 4) is 0 Å². The molecule has 6 atom stereocenters. The third-order valence-electron chi connectivity index (χ3n) is 9.46. The van der Waals surface area contributed by atoms with Crippen LogP contribution in [0.25, 0.3) is 0 Å². The highest BCUT2D eigenvalue weighted by atomic mass is 16.5. The molecule has 0 bridgehead atoms. The number of benzene rings is 1. The standard InChI is InChI=1S/C34H47N3O5/c1-8-18-35-19-12-16-33(7)25(28(35)39)26-29(40)37(24(21-38)23-14-10-9-11-15-23)27-30(41)36(20-13-17-34(26,27)42-33)32(5,6)22-31(2,3)4/h9-17,24-27,38H,8,18-22H2,1-7H3/t24-,25+,26+,27?,33-,34+/m1/s1. The van der Waals surface area contributed by atoms with Crippen LogP contribution >= 0.6 is 0 Å². The van der Waals surface area contributed by atoms with E-state index in [0.717, 1.165) is 18.4 Å². The Morgan fingerprint density at radius 1 is 0.952 bits per heavy atom. The van der Waals surface area contributed by atoms with E-state index in [1.54, 1.807) is 9.80 Å². The molecule has 3 amide bonds. The van der Waals surface area contributed by atoms with E-state index in [9.17, 15) is 19.5 Å². The summed E-state index contributed by atoms with van der Waals surface area (Å²) in [4.78, 5) is 49.2. The first kappa shape index (κ1) is 30.5. The van der Waals surface area contributed by atoms with Crippen LogP contribution in [0.15, 0.2) is 54.6 Å². The second-order valence-corrected chi connectivity index (χ2v) is 14.4. The molecule has 5 rings (SSSR count). The zero-order valence-electron chi connectivity index (χ0n) is 26.2. The molecule has 1 spiro atoms. The van der Waals surface area contributed by atoms with Crippen molar-refractivity contribution in [1.82, 2.24) is 14.7 Å². The van der Waals surface area contributed by atoms with Gasteiger partial charge in [-0.3, -0.25) is 14.4 Å². The molecule has 8 heteroatoms. The Morgan fingerprint density at radius 2 is 1.62 bits per heavy atom. The van der Waals surface area contributed by atoms with Crippen molar-refractivity contribution in [2.75, 3.05) is 26.2 Å². The van der Waals surface area contributed by atoms with Crippen LogP contribution in [-0.4, -0.2) is 86.6 Å². The summed E-state index contributed by atoms with van der Waals surface area (Å²) in [5.41, 5.74) is -2.27. The molecule has 0 aromatic heterocycles. The van der Waals surface area contributed by atoms with Crippen molar-refractivity contribution < 1.29 is 24.2 Å². The van der Waals surface area contributed by atoms with Crippen LogP contribution in [-0.2, 0) is 19.1 Å². The second kappa shape index (κ2) is 10.6. The molecule has 1 aromatic rings. The predicted molar refractivity (Wildman–Crippen MR) is 161 cm³/mol. The number of likely N-dealkylation sites (tertiary alicyclic amines) is 1. The van der Waals surface area contributed by atoms with Crippen LogP contribution in [0.4, 0.5) is 0 Å². The molecule has 42 heavy (non-hydrogen) atoms. The number of aliphatic hydroxyl groups is 1. The summed E-state index contributed by atoms with van der Waals surface area (Å²) in [6.07, 6.45) is 9.22. The monoisotopic (exact) mass is 577 g/mol. The molecule has 1 unspecified atom stereocenters. The molecule has 4 heterocycles. The summed E-state index contributed by atoms with van der Waals surface area (Å²) in [6, 6.07) is 7.50. The zero-order valence-corrected chi connectivity index (χ0v) is 26.2. The fourth-order valence-corrected chi connectivity index (χ4v) is 8.29. The van der Waals surface area contributed by atoms with Gasteiger partial charge in [0.25, 0.3) is 0 Å². The number of hydrogen-bond donors (Lipinski definition) is 1. The average molecular weight is 578 g/mol. The first-order valence-corrected chi connectivity index (χ1v) is 15.3. The molecular formula is C34H47N3O5. The number of ether oxygens (including phenoxy) is 1. The minimum absolute atomic E-state index is 0.0483. The molecule has 8 nitrogen and oxygen atoms in total. The van der Waals surface area contributed by atoms with Gasteiger partial charge in [-0.1, -0.05) is 82.3 Å². The van der Waals surface area contributed by atoms with Crippen molar-refractivity contribution in [3.63, 3.8) is 0 Å². The lowest BCUT2D eigenvalue weighted by molar-refractivity contribution is -0.159. The molecule has 2 fully saturated rings. The number of hydrogen-bond acceptors (Lipinski definition) is 5. The molecular weight excluding hydrogens is 530 g/mol. The van der Waals surface area contributed by atoms with Crippen molar-refractivity contribution in [3.05, 3.63) is 60.2 Å². The van der Waals surface area contributed by atoms with E-state index >= 15 is 0 Å². The molecule has 0 radical (unpaired) electrons. The Bertz CT molecular complexity index is 1280. The van der Waals surface area contributed by atoms with Gasteiger partial charge in [0.15, 0.2) is 0 Å². The van der Waals surface area contributed by atoms with Crippen molar-refractivity contribution in [1.29, 1.82) is 0 Å². The highest BCUT2D eigenvalue weighted by Gasteiger charge is 2.75. The van der Waals surface area contributed by atoms with Crippen LogP contribution in [0, 0.1) is 17.3 Å². The Hall–Kier alpha value is -2.97. The van der Waals surface area contributed by atoms with E-state index in [-0.39, 0.29) is 29.7 Å².